The zero-order valence-electron chi connectivity index (χ0n) is 13.1. The normalized spacial score (nSPS) is 19.2. The summed E-state index contributed by atoms with van der Waals surface area (Å²) in [4.78, 5) is 0. The molecular formula is C17H27NO3. The minimum absolute atomic E-state index is 0.139. The highest BCUT2D eigenvalue weighted by atomic mass is 16.5. The van der Waals surface area contributed by atoms with E-state index in [0.29, 0.717) is 18.2 Å². The number of nitrogens with one attached hydrogen (secondary N) is 1. The van der Waals surface area contributed by atoms with Gasteiger partial charge < -0.3 is 20.3 Å². The summed E-state index contributed by atoms with van der Waals surface area (Å²) in [5.74, 6) is 1.15. The molecule has 1 fully saturated rings. The lowest BCUT2D eigenvalue weighted by Gasteiger charge is -2.39. The third-order valence-electron chi connectivity index (χ3n) is 4.77. The van der Waals surface area contributed by atoms with Crippen LogP contribution in [0.15, 0.2) is 18.2 Å². The number of phenols is 1. The van der Waals surface area contributed by atoms with Gasteiger partial charge in [0.05, 0.1) is 13.7 Å². The van der Waals surface area contributed by atoms with Gasteiger partial charge in [-0.2, -0.15) is 0 Å². The highest BCUT2D eigenvalue weighted by Crippen LogP contribution is 2.33. The van der Waals surface area contributed by atoms with Crippen molar-refractivity contribution in [2.45, 2.75) is 51.1 Å². The van der Waals surface area contributed by atoms with E-state index < -0.39 is 0 Å². The number of hydrogen-bond acceptors (Lipinski definition) is 4. The molecule has 0 spiro atoms. The summed E-state index contributed by atoms with van der Waals surface area (Å²) in [6.45, 7) is 2.87. The van der Waals surface area contributed by atoms with Gasteiger partial charge in [0.1, 0.15) is 0 Å². The van der Waals surface area contributed by atoms with Crippen molar-refractivity contribution < 1.29 is 14.9 Å². The summed E-state index contributed by atoms with van der Waals surface area (Å²) in [6, 6.07) is 5.41. The molecule has 0 aliphatic heterocycles. The maximum absolute atomic E-state index is 9.82. The number of aliphatic hydroxyl groups is 1. The molecule has 118 valence electrons. The molecule has 0 saturated heterocycles. The van der Waals surface area contributed by atoms with Gasteiger partial charge in [-0.25, -0.2) is 0 Å². The zero-order chi connectivity index (χ0) is 15.3. The molecule has 1 aromatic rings. The highest BCUT2D eigenvalue weighted by Gasteiger charge is 2.33. The Kier molecular flexibility index (Phi) is 5.48. The molecule has 1 saturated carbocycles. The molecular weight excluding hydrogens is 266 g/mol. The van der Waals surface area contributed by atoms with E-state index in [9.17, 15) is 10.2 Å². The number of aromatic hydroxyl groups is 1. The SMILES string of the molecule is COc1ccc(CNC(C)(CO)C2CCCCC2)cc1O. The summed E-state index contributed by atoms with van der Waals surface area (Å²) < 4.78 is 5.05. The smallest absolute Gasteiger partial charge is 0.160 e. The lowest BCUT2D eigenvalue weighted by molar-refractivity contribution is 0.0937. The molecule has 0 aromatic heterocycles. The van der Waals surface area contributed by atoms with Gasteiger partial charge in [0.2, 0.25) is 0 Å². The maximum atomic E-state index is 9.82. The molecule has 1 unspecified atom stereocenters. The minimum atomic E-state index is -0.254. The fourth-order valence-electron chi connectivity index (χ4n) is 3.22. The molecule has 1 aliphatic rings. The van der Waals surface area contributed by atoms with E-state index in [1.54, 1.807) is 19.2 Å². The van der Waals surface area contributed by atoms with Gasteiger partial charge in [0, 0.05) is 12.1 Å². The summed E-state index contributed by atoms with van der Waals surface area (Å²) in [5, 5.41) is 23.1. The number of benzene rings is 1. The average Bonchev–Trinajstić information content (AvgIpc) is 2.53. The van der Waals surface area contributed by atoms with Crippen molar-refractivity contribution >= 4 is 0 Å². The van der Waals surface area contributed by atoms with Crippen molar-refractivity contribution in [1.29, 1.82) is 0 Å². The van der Waals surface area contributed by atoms with E-state index in [0.717, 1.165) is 5.56 Å². The first-order chi connectivity index (χ1) is 10.1. The second-order valence-electron chi connectivity index (χ2n) is 6.27. The number of hydrogen-bond donors (Lipinski definition) is 3. The van der Waals surface area contributed by atoms with Gasteiger partial charge in [0.15, 0.2) is 11.5 Å². The van der Waals surface area contributed by atoms with Crippen LogP contribution in [-0.2, 0) is 6.54 Å². The van der Waals surface area contributed by atoms with Crippen molar-refractivity contribution in [3.05, 3.63) is 23.8 Å². The van der Waals surface area contributed by atoms with E-state index in [2.05, 4.69) is 12.2 Å². The highest BCUT2D eigenvalue weighted by molar-refractivity contribution is 5.41. The van der Waals surface area contributed by atoms with Gasteiger partial charge >= 0.3 is 0 Å². The molecule has 4 nitrogen and oxygen atoms in total. The van der Waals surface area contributed by atoms with Crippen LogP contribution in [0.3, 0.4) is 0 Å². The molecule has 3 N–H and O–H groups in total. The molecule has 1 atom stereocenters. The predicted molar refractivity (Wildman–Crippen MR) is 83.6 cm³/mol. The van der Waals surface area contributed by atoms with Crippen LogP contribution in [0.25, 0.3) is 0 Å². The number of rotatable bonds is 6. The van der Waals surface area contributed by atoms with E-state index in [1.165, 1.54) is 32.1 Å². The zero-order valence-corrected chi connectivity index (χ0v) is 13.1. The van der Waals surface area contributed by atoms with Crippen molar-refractivity contribution in [2.24, 2.45) is 5.92 Å². The summed E-state index contributed by atoms with van der Waals surface area (Å²) in [5.41, 5.74) is 0.736. The lowest BCUT2D eigenvalue weighted by atomic mass is 9.76. The van der Waals surface area contributed by atoms with Crippen LogP contribution in [0.2, 0.25) is 0 Å². The van der Waals surface area contributed by atoms with Crippen LogP contribution in [0.5, 0.6) is 11.5 Å². The molecule has 2 rings (SSSR count). The molecule has 1 aliphatic carbocycles. The fourth-order valence-corrected chi connectivity index (χ4v) is 3.22. The Hall–Kier alpha value is -1.26. The largest absolute Gasteiger partial charge is 0.504 e. The Morgan fingerprint density at radius 1 is 1.29 bits per heavy atom. The Labute approximate surface area is 127 Å². The second kappa shape index (κ2) is 7.14. The Bertz CT molecular complexity index is 457. The number of methoxy groups -OCH3 is 1. The third-order valence-corrected chi connectivity index (χ3v) is 4.77. The molecule has 0 bridgehead atoms. The van der Waals surface area contributed by atoms with Crippen molar-refractivity contribution in [3.63, 3.8) is 0 Å². The maximum Gasteiger partial charge on any atom is 0.160 e. The van der Waals surface area contributed by atoms with Crippen molar-refractivity contribution in [2.75, 3.05) is 13.7 Å². The topological polar surface area (TPSA) is 61.7 Å². The van der Waals surface area contributed by atoms with Crippen LogP contribution in [0, 0.1) is 5.92 Å². The molecule has 21 heavy (non-hydrogen) atoms. The first-order valence-corrected chi connectivity index (χ1v) is 7.81. The quantitative estimate of drug-likeness (QED) is 0.755. The van der Waals surface area contributed by atoms with E-state index >= 15 is 0 Å². The van der Waals surface area contributed by atoms with Crippen LogP contribution in [-0.4, -0.2) is 29.5 Å². The van der Waals surface area contributed by atoms with Crippen LogP contribution in [0.1, 0.15) is 44.6 Å². The van der Waals surface area contributed by atoms with Gasteiger partial charge in [-0.05, 0) is 43.4 Å². The second-order valence-corrected chi connectivity index (χ2v) is 6.27. The first-order valence-electron chi connectivity index (χ1n) is 7.81. The van der Waals surface area contributed by atoms with Gasteiger partial charge in [-0.1, -0.05) is 25.3 Å². The third kappa shape index (κ3) is 3.89. The monoisotopic (exact) mass is 293 g/mol. The molecule has 0 amide bonds. The van der Waals surface area contributed by atoms with Crippen molar-refractivity contribution in [1.82, 2.24) is 5.32 Å². The first kappa shape index (κ1) is 16.1. The lowest BCUT2D eigenvalue weighted by Crippen LogP contribution is -2.52. The summed E-state index contributed by atoms with van der Waals surface area (Å²) in [6.07, 6.45) is 6.18. The van der Waals surface area contributed by atoms with Crippen LogP contribution >= 0.6 is 0 Å². The average molecular weight is 293 g/mol. The van der Waals surface area contributed by atoms with Gasteiger partial charge in [0.25, 0.3) is 0 Å². The number of aliphatic hydroxyl groups excluding tert-OH is 1. The summed E-state index contributed by atoms with van der Waals surface area (Å²) in [7, 11) is 1.54. The Balaban J connectivity index is 2.00. The van der Waals surface area contributed by atoms with Crippen LogP contribution in [0.4, 0.5) is 0 Å². The standard InChI is InChI=1S/C17H27NO3/c1-17(12-19,14-6-4-3-5-7-14)18-11-13-8-9-16(21-2)15(20)10-13/h8-10,14,18-20H,3-7,11-12H2,1-2H3. The van der Waals surface area contributed by atoms with E-state index in [1.807, 2.05) is 6.07 Å². The molecule has 0 heterocycles. The van der Waals surface area contributed by atoms with Gasteiger partial charge in [-0.15, -0.1) is 0 Å². The van der Waals surface area contributed by atoms with Gasteiger partial charge in [-0.3, -0.25) is 0 Å². The van der Waals surface area contributed by atoms with E-state index in [4.69, 9.17) is 4.74 Å². The predicted octanol–water partition coefficient (Wildman–Crippen LogP) is 2.82. The molecule has 1 aromatic carbocycles. The Morgan fingerprint density at radius 3 is 2.57 bits per heavy atom. The molecule has 0 radical (unpaired) electrons. The van der Waals surface area contributed by atoms with Crippen molar-refractivity contribution in [3.8, 4) is 11.5 Å². The Morgan fingerprint density at radius 2 is 2.00 bits per heavy atom. The summed E-state index contributed by atoms with van der Waals surface area (Å²) >= 11 is 0. The van der Waals surface area contributed by atoms with Crippen LogP contribution < -0.4 is 10.1 Å². The van der Waals surface area contributed by atoms with E-state index in [-0.39, 0.29) is 17.9 Å². The number of ether oxygens (including phenoxy) is 1. The number of phenolic OH excluding ortho intramolecular Hbond substituents is 1. The minimum Gasteiger partial charge on any atom is -0.504 e. The fraction of sp³-hybridized carbons (Fsp3) is 0.647. The molecule has 4 heteroatoms.